The molecule has 0 aliphatic heterocycles. The summed E-state index contributed by atoms with van der Waals surface area (Å²) < 4.78 is 1.76. The molecule has 0 saturated carbocycles. The molecule has 1 aromatic carbocycles. The van der Waals surface area contributed by atoms with E-state index in [-0.39, 0.29) is 0 Å². The lowest BCUT2D eigenvalue weighted by Gasteiger charge is -2.02. The fourth-order valence-electron chi connectivity index (χ4n) is 1.19. The quantitative estimate of drug-likeness (QED) is 0.715. The van der Waals surface area contributed by atoms with Gasteiger partial charge < -0.3 is 0 Å². The molecular weight excluding hydrogens is 184 g/mol. The Bertz CT molecular complexity index is 381. The van der Waals surface area contributed by atoms with Crippen LogP contribution in [0.3, 0.4) is 0 Å². The predicted molar refractivity (Wildman–Crippen MR) is 52.8 cm³/mol. The van der Waals surface area contributed by atoms with Crippen LogP contribution in [0.25, 0.3) is 0 Å². The summed E-state index contributed by atoms with van der Waals surface area (Å²) in [5, 5.41) is 4.77. The first-order valence-electron chi connectivity index (χ1n) is 4.07. The molecule has 1 heterocycles. The van der Waals surface area contributed by atoms with Crippen LogP contribution in [0.5, 0.6) is 0 Å². The highest BCUT2D eigenvalue weighted by molar-refractivity contribution is 6.29. The van der Waals surface area contributed by atoms with Crippen molar-refractivity contribution in [1.29, 1.82) is 0 Å². The summed E-state index contributed by atoms with van der Waals surface area (Å²) >= 11 is 5.89. The molecule has 3 heteroatoms. The molecule has 0 aliphatic carbocycles. The van der Waals surface area contributed by atoms with Crippen molar-refractivity contribution in [3.05, 3.63) is 53.3 Å². The van der Waals surface area contributed by atoms with Crippen molar-refractivity contribution in [3.8, 4) is 0 Å². The molecule has 0 bridgehead atoms. The highest BCUT2D eigenvalue weighted by atomic mass is 35.5. The van der Waals surface area contributed by atoms with Crippen LogP contribution in [0.15, 0.2) is 42.6 Å². The Morgan fingerprint density at radius 2 is 1.92 bits per heavy atom. The van der Waals surface area contributed by atoms with Crippen LogP contribution >= 0.6 is 11.6 Å². The van der Waals surface area contributed by atoms with E-state index in [9.17, 15) is 0 Å². The fourth-order valence-corrected chi connectivity index (χ4v) is 1.35. The third kappa shape index (κ3) is 1.90. The summed E-state index contributed by atoms with van der Waals surface area (Å²) in [5.41, 5.74) is 1.20. The van der Waals surface area contributed by atoms with Crippen LogP contribution in [-0.4, -0.2) is 9.78 Å². The summed E-state index contributed by atoms with van der Waals surface area (Å²) in [4.78, 5) is 0. The van der Waals surface area contributed by atoms with E-state index < -0.39 is 0 Å². The topological polar surface area (TPSA) is 17.8 Å². The average Bonchev–Trinajstić information content (AvgIpc) is 2.54. The number of benzene rings is 1. The van der Waals surface area contributed by atoms with Crippen molar-refractivity contribution in [1.82, 2.24) is 9.78 Å². The molecule has 0 spiro atoms. The van der Waals surface area contributed by atoms with E-state index in [2.05, 4.69) is 17.2 Å². The summed E-state index contributed by atoms with van der Waals surface area (Å²) in [6.45, 7) is 0.729. The Labute approximate surface area is 81.8 Å². The van der Waals surface area contributed by atoms with E-state index >= 15 is 0 Å². The Balaban J connectivity index is 2.20. The standard InChI is InChI=1S/C10H9ClN2/c11-10-6-7-12-13(10)8-9-4-2-1-3-5-9/h1-7H,8H2. The minimum Gasteiger partial charge on any atom is -0.250 e. The second kappa shape index (κ2) is 3.62. The van der Waals surface area contributed by atoms with Crippen molar-refractivity contribution < 1.29 is 0 Å². The second-order valence-corrected chi connectivity index (χ2v) is 3.18. The van der Waals surface area contributed by atoms with Gasteiger partial charge >= 0.3 is 0 Å². The third-order valence-corrected chi connectivity index (χ3v) is 2.16. The monoisotopic (exact) mass is 192 g/mol. The Morgan fingerprint density at radius 1 is 1.15 bits per heavy atom. The average molecular weight is 193 g/mol. The lowest BCUT2D eigenvalue weighted by Crippen LogP contribution is -2.00. The zero-order valence-electron chi connectivity index (χ0n) is 7.02. The van der Waals surface area contributed by atoms with Gasteiger partial charge in [0.2, 0.25) is 0 Å². The van der Waals surface area contributed by atoms with Crippen molar-refractivity contribution in [2.24, 2.45) is 0 Å². The molecule has 2 rings (SSSR count). The van der Waals surface area contributed by atoms with Crippen LogP contribution in [0.4, 0.5) is 0 Å². The van der Waals surface area contributed by atoms with Crippen LogP contribution < -0.4 is 0 Å². The van der Waals surface area contributed by atoms with Crippen LogP contribution in [0.2, 0.25) is 5.15 Å². The van der Waals surface area contributed by atoms with Crippen LogP contribution in [0, 0.1) is 0 Å². The van der Waals surface area contributed by atoms with E-state index in [1.165, 1.54) is 5.56 Å². The number of rotatable bonds is 2. The first-order chi connectivity index (χ1) is 6.36. The van der Waals surface area contributed by atoms with E-state index in [4.69, 9.17) is 11.6 Å². The first-order valence-corrected chi connectivity index (χ1v) is 4.45. The van der Waals surface area contributed by atoms with Gasteiger partial charge in [0.15, 0.2) is 0 Å². The van der Waals surface area contributed by atoms with Gasteiger partial charge in [-0.3, -0.25) is 0 Å². The van der Waals surface area contributed by atoms with Gasteiger partial charge in [0, 0.05) is 0 Å². The van der Waals surface area contributed by atoms with Crippen molar-refractivity contribution in [2.45, 2.75) is 6.54 Å². The van der Waals surface area contributed by atoms with Gasteiger partial charge in [0.25, 0.3) is 0 Å². The number of hydrogen-bond acceptors (Lipinski definition) is 1. The van der Waals surface area contributed by atoms with Gasteiger partial charge in [-0.1, -0.05) is 41.9 Å². The first kappa shape index (κ1) is 8.32. The molecule has 0 N–H and O–H groups in total. The van der Waals surface area contributed by atoms with Gasteiger partial charge in [0.1, 0.15) is 5.15 Å². The Hall–Kier alpha value is -1.28. The smallest absolute Gasteiger partial charge is 0.127 e. The van der Waals surface area contributed by atoms with Gasteiger partial charge in [-0.25, -0.2) is 4.68 Å². The predicted octanol–water partition coefficient (Wildman–Crippen LogP) is 2.58. The van der Waals surface area contributed by atoms with Gasteiger partial charge in [-0.2, -0.15) is 5.10 Å². The summed E-state index contributed by atoms with van der Waals surface area (Å²) in [5.74, 6) is 0. The molecule has 2 aromatic rings. The second-order valence-electron chi connectivity index (χ2n) is 2.80. The minimum absolute atomic E-state index is 0.670. The molecular formula is C10H9ClN2. The normalized spacial score (nSPS) is 10.2. The summed E-state index contributed by atoms with van der Waals surface area (Å²) in [6, 6.07) is 11.9. The molecule has 66 valence electrons. The Morgan fingerprint density at radius 3 is 2.54 bits per heavy atom. The SMILES string of the molecule is Clc1ccnn1Cc1ccccc1. The number of halogens is 1. The maximum absolute atomic E-state index is 5.89. The largest absolute Gasteiger partial charge is 0.250 e. The van der Waals surface area contributed by atoms with Gasteiger partial charge in [-0.05, 0) is 11.6 Å². The van der Waals surface area contributed by atoms with Gasteiger partial charge in [0.05, 0.1) is 12.7 Å². The molecule has 0 unspecified atom stereocenters. The lowest BCUT2D eigenvalue weighted by molar-refractivity contribution is 0.688. The zero-order valence-corrected chi connectivity index (χ0v) is 7.78. The van der Waals surface area contributed by atoms with Crippen molar-refractivity contribution >= 4 is 11.6 Å². The number of aromatic nitrogens is 2. The number of hydrogen-bond donors (Lipinski definition) is 0. The Kier molecular flexibility index (Phi) is 2.32. The number of nitrogens with zero attached hydrogens (tertiary/aromatic N) is 2. The molecule has 0 fully saturated rings. The fraction of sp³-hybridized carbons (Fsp3) is 0.100. The maximum Gasteiger partial charge on any atom is 0.127 e. The molecule has 13 heavy (non-hydrogen) atoms. The van der Waals surface area contributed by atoms with E-state index in [0.717, 1.165) is 6.54 Å². The maximum atomic E-state index is 5.89. The zero-order chi connectivity index (χ0) is 9.10. The van der Waals surface area contributed by atoms with Crippen LogP contribution in [0.1, 0.15) is 5.56 Å². The summed E-state index contributed by atoms with van der Waals surface area (Å²) in [7, 11) is 0. The van der Waals surface area contributed by atoms with Crippen LogP contribution in [-0.2, 0) is 6.54 Å². The van der Waals surface area contributed by atoms with E-state index in [0.29, 0.717) is 5.15 Å². The van der Waals surface area contributed by atoms with E-state index in [1.54, 1.807) is 16.9 Å². The molecule has 1 aromatic heterocycles. The van der Waals surface area contributed by atoms with E-state index in [1.807, 2.05) is 18.2 Å². The highest BCUT2D eigenvalue weighted by Gasteiger charge is 1.98. The van der Waals surface area contributed by atoms with Crippen molar-refractivity contribution in [2.75, 3.05) is 0 Å². The molecule has 0 saturated heterocycles. The molecule has 0 atom stereocenters. The highest BCUT2D eigenvalue weighted by Crippen LogP contribution is 2.09. The molecule has 0 radical (unpaired) electrons. The lowest BCUT2D eigenvalue weighted by atomic mass is 10.2. The molecule has 0 amide bonds. The third-order valence-electron chi connectivity index (χ3n) is 1.84. The van der Waals surface area contributed by atoms with Crippen molar-refractivity contribution in [3.63, 3.8) is 0 Å². The molecule has 2 nitrogen and oxygen atoms in total. The minimum atomic E-state index is 0.670. The summed E-state index contributed by atoms with van der Waals surface area (Å²) in [6.07, 6.45) is 1.70. The molecule has 0 aliphatic rings. The van der Waals surface area contributed by atoms with Gasteiger partial charge in [-0.15, -0.1) is 0 Å².